The van der Waals surface area contributed by atoms with Crippen molar-refractivity contribution in [2.24, 2.45) is 0 Å². The minimum Gasteiger partial charge on any atom is -0.399 e. The van der Waals surface area contributed by atoms with Crippen molar-refractivity contribution in [2.75, 3.05) is 5.73 Å². The monoisotopic (exact) mass is 270 g/mol. The summed E-state index contributed by atoms with van der Waals surface area (Å²) in [5.41, 5.74) is 8.48. The maximum atomic E-state index is 6.10. The molecular formula is C14H11ClN4. The fraction of sp³-hybridized carbons (Fsp3) is 0. The first-order valence-corrected chi connectivity index (χ1v) is 6.13. The van der Waals surface area contributed by atoms with Crippen molar-refractivity contribution in [3.63, 3.8) is 0 Å². The molecule has 0 radical (unpaired) electrons. The minimum atomic E-state index is 0.560. The van der Waals surface area contributed by atoms with Gasteiger partial charge in [-0.2, -0.15) is 5.10 Å². The number of hydrogen-bond acceptors (Lipinski definition) is 3. The highest BCUT2D eigenvalue weighted by atomic mass is 35.5. The van der Waals surface area contributed by atoms with Crippen LogP contribution in [0.2, 0.25) is 5.02 Å². The maximum Gasteiger partial charge on any atom is 0.172 e. The molecule has 2 heterocycles. The third kappa shape index (κ3) is 2.30. The predicted molar refractivity (Wildman–Crippen MR) is 76.2 cm³/mol. The summed E-state index contributed by atoms with van der Waals surface area (Å²) in [5.74, 6) is 0.610. The minimum absolute atomic E-state index is 0.560. The van der Waals surface area contributed by atoms with E-state index in [9.17, 15) is 0 Å². The van der Waals surface area contributed by atoms with Gasteiger partial charge in [0.2, 0.25) is 0 Å². The van der Waals surface area contributed by atoms with Crippen LogP contribution in [0.15, 0.2) is 55.0 Å². The van der Waals surface area contributed by atoms with Crippen LogP contribution >= 0.6 is 11.6 Å². The first-order valence-electron chi connectivity index (χ1n) is 5.75. The summed E-state index contributed by atoms with van der Waals surface area (Å²) in [6.07, 6.45) is 5.33. The fourth-order valence-corrected chi connectivity index (χ4v) is 2.06. The number of rotatable bonds is 2. The molecule has 3 aromatic rings. The molecule has 94 valence electrons. The van der Waals surface area contributed by atoms with Gasteiger partial charge >= 0.3 is 0 Å². The molecule has 0 aliphatic rings. The van der Waals surface area contributed by atoms with Gasteiger partial charge in [0, 0.05) is 23.6 Å². The molecule has 2 aromatic heterocycles. The summed E-state index contributed by atoms with van der Waals surface area (Å²) < 4.78 is 1.65. The average molecular weight is 271 g/mol. The summed E-state index contributed by atoms with van der Waals surface area (Å²) >= 11 is 6.10. The van der Waals surface area contributed by atoms with Crippen LogP contribution in [0.1, 0.15) is 0 Å². The van der Waals surface area contributed by atoms with Crippen LogP contribution in [0.5, 0.6) is 0 Å². The number of nitrogen functional groups attached to an aromatic ring is 1. The quantitative estimate of drug-likeness (QED) is 0.728. The Morgan fingerprint density at radius 2 is 2.00 bits per heavy atom. The van der Waals surface area contributed by atoms with Gasteiger partial charge in [-0.3, -0.25) is 0 Å². The molecule has 0 fully saturated rings. The van der Waals surface area contributed by atoms with E-state index in [0.29, 0.717) is 10.8 Å². The number of hydrogen-bond donors (Lipinski definition) is 1. The first kappa shape index (κ1) is 11.7. The van der Waals surface area contributed by atoms with Gasteiger partial charge < -0.3 is 5.73 Å². The van der Waals surface area contributed by atoms with Crippen molar-refractivity contribution >= 4 is 17.3 Å². The largest absolute Gasteiger partial charge is 0.399 e. The second-order valence-electron chi connectivity index (χ2n) is 4.11. The van der Waals surface area contributed by atoms with Gasteiger partial charge in [-0.25, -0.2) is 9.67 Å². The molecule has 0 spiro atoms. The highest BCUT2D eigenvalue weighted by molar-refractivity contribution is 6.32. The Kier molecular flexibility index (Phi) is 2.93. The van der Waals surface area contributed by atoms with Gasteiger partial charge in [0.25, 0.3) is 0 Å². The normalized spacial score (nSPS) is 10.6. The molecule has 0 unspecified atom stereocenters. The lowest BCUT2D eigenvalue weighted by Crippen LogP contribution is -1.97. The van der Waals surface area contributed by atoms with Crippen LogP contribution in [0, 0.1) is 0 Å². The first-order chi connectivity index (χ1) is 9.24. The molecule has 4 nitrogen and oxygen atoms in total. The summed E-state index contributed by atoms with van der Waals surface area (Å²) in [4.78, 5) is 4.22. The molecule has 0 saturated carbocycles. The van der Waals surface area contributed by atoms with E-state index in [1.807, 2.05) is 30.5 Å². The Morgan fingerprint density at radius 3 is 2.79 bits per heavy atom. The Morgan fingerprint density at radius 1 is 1.11 bits per heavy atom. The third-order valence-electron chi connectivity index (χ3n) is 2.76. The van der Waals surface area contributed by atoms with Crippen LogP contribution in [0.3, 0.4) is 0 Å². The predicted octanol–water partition coefficient (Wildman–Crippen LogP) is 3.17. The summed E-state index contributed by atoms with van der Waals surface area (Å²) in [5, 5.41) is 4.84. The summed E-state index contributed by atoms with van der Waals surface area (Å²) in [6.45, 7) is 0. The van der Waals surface area contributed by atoms with E-state index >= 15 is 0 Å². The molecular weight excluding hydrogens is 260 g/mol. The Hall–Kier alpha value is -2.33. The number of nitrogens with two attached hydrogens (primary N) is 1. The van der Waals surface area contributed by atoms with Crippen molar-refractivity contribution < 1.29 is 0 Å². The SMILES string of the molecule is Nc1cccc(-c2cnn(-c3ncccc3Cl)c2)c1. The Balaban J connectivity index is 2.03. The fourth-order valence-electron chi connectivity index (χ4n) is 1.85. The molecule has 0 aliphatic carbocycles. The lowest BCUT2D eigenvalue weighted by atomic mass is 10.1. The summed E-state index contributed by atoms with van der Waals surface area (Å²) in [7, 11) is 0. The van der Waals surface area contributed by atoms with Gasteiger partial charge in [0.1, 0.15) is 0 Å². The van der Waals surface area contributed by atoms with E-state index in [-0.39, 0.29) is 0 Å². The molecule has 2 N–H and O–H groups in total. The smallest absolute Gasteiger partial charge is 0.172 e. The van der Waals surface area contributed by atoms with Crippen molar-refractivity contribution in [3.8, 4) is 16.9 Å². The maximum absolute atomic E-state index is 6.10. The van der Waals surface area contributed by atoms with E-state index < -0.39 is 0 Å². The van der Waals surface area contributed by atoms with Crippen molar-refractivity contribution in [3.05, 3.63) is 60.0 Å². The van der Waals surface area contributed by atoms with E-state index in [2.05, 4.69) is 10.1 Å². The zero-order chi connectivity index (χ0) is 13.2. The van der Waals surface area contributed by atoms with Gasteiger partial charge in [0.05, 0.1) is 11.2 Å². The molecule has 19 heavy (non-hydrogen) atoms. The highest BCUT2D eigenvalue weighted by Gasteiger charge is 2.07. The second kappa shape index (κ2) is 4.74. The van der Waals surface area contributed by atoms with Gasteiger partial charge in [-0.1, -0.05) is 23.7 Å². The average Bonchev–Trinajstić information content (AvgIpc) is 2.89. The number of halogens is 1. The van der Waals surface area contributed by atoms with Crippen molar-refractivity contribution in [1.82, 2.24) is 14.8 Å². The third-order valence-corrected chi connectivity index (χ3v) is 3.05. The van der Waals surface area contributed by atoms with Gasteiger partial charge in [-0.05, 0) is 29.8 Å². The highest BCUT2D eigenvalue weighted by Crippen LogP contribution is 2.23. The van der Waals surface area contributed by atoms with Crippen LogP contribution in [0.4, 0.5) is 5.69 Å². The van der Waals surface area contributed by atoms with Gasteiger partial charge in [-0.15, -0.1) is 0 Å². The molecule has 1 aromatic carbocycles. The lowest BCUT2D eigenvalue weighted by molar-refractivity contribution is 0.847. The van der Waals surface area contributed by atoms with Crippen LogP contribution in [-0.2, 0) is 0 Å². The molecule has 5 heteroatoms. The van der Waals surface area contributed by atoms with E-state index in [0.717, 1.165) is 16.8 Å². The van der Waals surface area contributed by atoms with E-state index in [4.69, 9.17) is 17.3 Å². The number of benzene rings is 1. The van der Waals surface area contributed by atoms with Gasteiger partial charge in [0.15, 0.2) is 5.82 Å². The molecule has 0 atom stereocenters. The Bertz CT molecular complexity index is 721. The Labute approximate surface area is 115 Å². The van der Waals surface area contributed by atoms with Crippen molar-refractivity contribution in [2.45, 2.75) is 0 Å². The van der Waals surface area contributed by atoms with Crippen LogP contribution in [0.25, 0.3) is 16.9 Å². The lowest BCUT2D eigenvalue weighted by Gasteiger charge is -2.01. The zero-order valence-corrected chi connectivity index (χ0v) is 10.7. The number of anilines is 1. The van der Waals surface area contributed by atoms with E-state index in [1.165, 1.54) is 0 Å². The topological polar surface area (TPSA) is 56.7 Å². The molecule has 0 amide bonds. The molecule has 3 rings (SSSR count). The van der Waals surface area contributed by atoms with Crippen LogP contribution < -0.4 is 5.73 Å². The number of aromatic nitrogens is 3. The number of nitrogens with zero attached hydrogens (tertiary/aromatic N) is 3. The molecule has 0 bridgehead atoms. The van der Waals surface area contributed by atoms with Crippen LogP contribution in [-0.4, -0.2) is 14.8 Å². The van der Waals surface area contributed by atoms with Crippen molar-refractivity contribution in [1.29, 1.82) is 0 Å². The molecule has 0 saturated heterocycles. The zero-order valence-electron chi connectivity index (χ0n) is 9.99. The molecule has 0 aliphatic heterocycles. The van der Waals surface area contributed by atoms with E-state index in [1.54, 1.807) is 29.2 Å². The summed E-state index contributed by atoms with van der Waals surface area (Å²) in [6, 6.07) is 11.2. The second-order valence-corrected chi connectivity index (χ2v) is 4.52. The standard InChI is InChI=1S/C14H11ClN4/c15-13-5-2-6-17-14(13)19-9-11(8-18-19)10-3-1-4-12(16)7-10/h1-9H,16H2. The number of pyridine rings is 1.